The first kappa shape index (κ1) is 10.0. The molecule has 0 N–H and O–H groups in total. The van der Waals surface area contributed by atoms with Crippen molar-refractivity contribution in [3.63, 3.8) is 0 Å². The fraction of sp³-hybridized carbons (Fsp3) is 1.00. The zero-order valence-corrected chi connectivity index (χ0v) is 8.21. The number of rotatable bonds is 4. The molecule has 1 fully saturated rings. The molecular weight excluding hydrogens is 152 g/mol. The van der Waals surface area contributed by atoms with Gasteiger partial charge in [0.2, 0.25) is 0 Å². The summed E-state index contributed by atoms with van der Waals surface area (Å²) in [5.41, 5.74) is 0. The maximum absolute atomic E-state index is 5.40. The average Bonchev–Trinajstić information content (AvgIpc) is 2.09. The molecule has 0 aromatic rings. The van der Waals surface area contributed by atoms with Gasteiger partial charge in [0.05, 0.1) is 13.2 Å². The van der Waals surface area contributed by atoms with Crippen LogP contribution in [0.4, 0.5) is 0 Å². The average molecular weight is 172 g/mol. The molecule has 0 bridgehead atoms. The van der Waals surface area contributed by atoms with E-state index in [9.17, 15) is 0 Å². The highest BCUT2D eigenvalue weighted by Crippen LogP contribution is 2.16. The van der Waals surface area contributed by atoms with Gasteiger partial charge in [-0.05, 0) is 13.3 Å². The van der Waals surface area contributed by atoms with Crippen LogP contribution in [0, 0.1) is 5.92 Å². The van der Waals surface area contributed by atoms with Gasteiger partial charge in [-0.25, -0.2) is 0 Å². The minimum atomic E-state index is 0.0208. The normalized spacial score (nSPS) is 30.5. The van der Waals surface area contributed by atoms with E-state index in [4.69, 9.17) is 9.47 Å². The second-order valence-electron chi connectivity index (χ2n) is 3.60. The molecular formula is C10H20O2. The molecule has 1 saturated heterocycles. The van der Waals surface area contributed by atoms with Crippen molar-refractivity contribution >= 4 is 0 Å². The summed E-state index contributed by atoms with van der Waals surface area (Å²) >= 11 is 0. The third-order valence-corrected chi connectivity index (χ3v) is 2.35. The van der Waals surface area contributed by atoms with Crippen LogP contribution in [0.15, 0.2) is 0 Å². The topological polar surface area (TPSA) is 18.5 Å². The Balaban J connectivity index is 2.01. The molecule has 0 spiro atoms. The van der Waals surface area contributed by atoms with Crippen molar-refractivity contribution in [1.29, 1.82) is 0 Å². The molecule has 72 valence electrons. The van der Waals surface area contributed by atoms with Crippen LogP contribution in [0.3, 0.4) is 0 Å². The van der Waals surface area contributed by atoms with Crippen LogP contribution >= 0.6 is 0 Å². The van der Waals surface area contributed by atoms with Crippen molar-refractivity contribution in [2.75, 3.05) is 13.2 Å². The van der Waals surface area contributed by atoms with Crippen molar-refractivity contribution in [2.24, 2.45) is 5.92 Å². The van der Waals surface area contributed by atoms with Crippen LogP contribution in [0.25, 0.3) is 0 Å². The second-order valence-corrected chi connectivity index (χ2v) is 3.60. The molecule has 1 rings (SSSR count). The highest BCUT2D eigenvalue weighted by molar-refractivity contribution is 4.61. The van der Waals surface area contributed by atoms with Crippen molar-refractivity contribution in [3.8, 4) is 0 Å². The molecule has 2 heteroatoms. The Bertz CT molecular complexity index is 106. The van der Waals surface area contributed by atoms with E-state index in [2.05, 4.69) is 6.92 Å². The van der Waals surface area contributed by atoms with E-state index in [-0.39, 0.29) is 6.29 Å². The van der Waals surface area contributed by atoms with Crippen molar-refractivity contribution in [2.45, 2.75) is 45.8 Å². The Morgan fingerprint density at radius 3 is 2.42 bits per heavy atom. The third kappa shape index (κ3) is 3.55. The summed E-state index contributed by atoms with van der Waals surface area (Å²) < 4.78 is 10.8. The van der Waals surface area contributed by atoms with Gasteiger partial charge in [0.1, 0.15) is 0 Å². The molecule has 0 radical (unpaired) electrons. The summed E-state index contributed by atoms with van der Waals surface area (Å²) in [5.74, 6) is 0.646. The van der Waals surface area contributed by atoms with Crippen LogP contribution in [0.5, 0.6) is 0 Å². The van der Waals surface area contributed by atoms with Crippen LogP contribution in [-0.4, -0.2) is 19.5 Å². The zero-order chi connectivity index (χ0) is 8.81. The Labute approximate surface area is 75.2 Å². The van der Waals surface area contributed by atoms with Gasteiger partial charge in [0.25, 0.3) is 0 Å². The van der Waals surface area contributed by atoms with Crippen molar-refractivity contribution in [3.05, 3.63) is 0 Å². The number of unbranched alkanes of at least 4 members (excludes halogenated alkanes) is 2. The Morgan fingerprint density at radius 2 is 1.83 bits per heavy atom. The molecule has 0 atom stereocenters. The van der Waals surface area contributed by atoms with Crippen LogP contribution in [-0.2, 0) is 9.47 Å². The predicted octanol–water partition coefficient (Wildman–Crippen LogP) is 2.58. The van der Waals surface area contributed by atoms with Gasteiger partial charge < -0.3 is 9.47 Å². The molecule has 1 aliphatic rings. The SMILES string of the molecule is CCCCCC1COC(C)OC1. The van der Waals surface area contributed by atoms with Crippen LogP contribution < -0.4 is 0 Å². The van der Waals surface area contributed by atoms with Crippen molar-refractivity contribution < 1.29 is 9.47 Å². The molecule has 0 aromatic heterocycles. The molecule has 0 aliphatic carbocycles. The second kappa shape index (κ2) is 5.55. The van der Waals surface area contributed by atoms with Gasteiger partial charge in [0, 0.05) is 5.92 Å². The Hall–Kier alpha value is -0.0800. The van der Waals surface area contributed by atoms with E-state index in [1.807, 2.05) is 6.92 Å². The van der Waals surface area contributed by atoms with Crippen molar-refractivity contribution in [1.82, 2.24) is 0 Å². The number of ether oxygens (including phenoxy) is 2. The number of hydrogen-bond donors (Lipinski definition) is 0. The Morgan fingerprint density at radius 1 is 1.17 bits per heavy atom. The maximum atomic E-state index is 5.40. The zero-order valence-electron chi connectivity index (χ0n) is 8.21. The van der Waals surface area contributed by atoms with Gasteiger partial charge in [-0.15, -0.1) is 0 Å². The van der Waals surface area contributed by atoms with E-state index < -0.39 is 0 Å². The molecule has 2 nitrogen and oxygen atoms in total. The van der Waals surface area contributed by atoms with E-state index in [1.165, 1.54) is 25.7 Å². The lowest BCUT2D eigenvalue weighted by Crippen LogP contribution is -2.29. The van der Waals surface area contributed by atoms with E-state index in [0.717, 1.165) is 13.2 Å². The molecule has 1 heterocycles. The van der Waals surface area contributed by atoms with Crippen LogP contribution in [0.1, 0.15) is 39.5 Å². The highest BCUT2D eigenvalue weighted by Gasteiger charge is 2.17. The Kier molecular flexibility index (Phi) is 4.62. The monoisotopic (exact) mass is 172 g/mol. The molecule has 12 heavy (non-hydrogen) atoms. The summed E-state index contributed by atoms with van der Waals surface area (Å²) in [4.78, 5) is 0. The van der Waals surface area contributed by atoms with Gasteiger partial charge in [0.15, 0.2) is 6.29 Å². The molecule has 0 amide bonds. The van der Waals surface area contributed by atoms with E-state index in [0.29, 0.717) is 5.92 Å². The largest absolute Gasteiger partial charge is 0.353 e. The smallest absolute Gasteiger partial charge is 0.154 e. The van der Waals surface area contributed by atoms with Gasteiger partial charge in [-0.2, -0.15) is 0 Å². The lowest BCUT2D eigenvalue weighted by molar-refractivity contribution is -0.191. The standard InChI is InChI=1S/C10H20O2/c1-3-4-5-6-10-7-11-9(2)12-8-10/h9-10H,3-8H2,1-2H3. The summed E-state index contributed by atoms with van der Waals surface area (Å²) in [5, 5.41) is 0. The third-order valence-electron chi connectivity index (χ3n) is 2.35. The molecule has 0 unspecified atom stereocenters. The van der Waals surface area contributed by atoms with Gasteiger partial charge >= 0.3 is 0 Å². The maximum Gasteiger partial charge on any atom is 0.154 e. The highest BCUT2D eigenvalue weighted by atomic mass is 16.7. The van der Waals surface area contributed by atoms with E-state index >= 15 is 0 Å². The minimum Gasteiger partial charge on any atom is -0.353 e. The summed E-state index contributed by atoms with van der Waals surface area (Å²) in [6, 6.07) is 0. The quantitative estimate of drug-likeness (QED) is 0.607. The summed E-state index contributed by atoms with van der Waals surface area (Å²) in [7, 11) is 0. The number of hydrogen-bond acceptors (Lipinski definition) is 2. The lowest BCUT2D eigenvalue weighted by Gasteiger charge is -2.27. The van der Waals surface area contributed by atoms with Crippen LogP contribution in [0.2, 0.25) is 0 Å². The predicted molar refractivity (Wildman–Crippen MR) is 49.0 cm³/mol. The summed E-state index contributed by atoms with van der Waals surface area (Å²) in [6.07, 6.45) is 5.24. The fourth-order valence-corrected chi connectivity index (χ4v) is 1.49. The first-order valence-corrected chi connectivity index (χ1v) is 5.06. The van der Waals surface area contributed by atoms with Gasteiger partial charge in [-0.1, -0.05) is 26.2 Å². The first-order valence-electron chi connectivity index (χ1n) is 5.06. The molecule has 0 aromatic carbocycles. The lowest BCUT2D eigenvalue weighted by atomic mass is 10.0. The molecule has 1 aliphatic heterocycles. The van der Waals surface area contributed by atoms with Gasteiger partial charge in [-0.3, -0.25) is 0 Å². The minimum absolute atomic E-state index is 0.0208. The molecule has 0 saturated carbocycles. The van der Waals surface area contributed by atoms with E-state index in [1.54, 1.807) is 0 Å². The first-order chi connectivity index (χ1) is 5.83. The summed E-state index contributed by atoms with van der Waals surface area (Å²) in [6.45, 7) is 5.98. The fourth-order valence-electron chi connectivity index (χ4n) is 1.49.